The van der Waals surface area contributed by atoms with Crippen LogP contribution >= 0.6 is 9.24 Å². The molecule has 0 nitrogen and oxygen atoms in total. The number of unbranched alkanes of at least 4 members (excludes halogenated alkanes) is 1. The standard InChI is InChI=1S/C10H16.C4H11P/c1-7-2-9-4-8(1)5-10(3-7)6-9;1-2-3-4-5/h7-10H,1-6H2;2-5H2,1H3. The summed E-state index contributed by atoms with van der Waals surface area (Å²) in [6.07, 6.45) is 13.6. The smallest absolute Gasteiger partial charge is 0.0381 e. The molecule has 4 rings (SSSR count). The van der Waals surface area contributed by atoms with Crippen molar-refractivity contribution in [1.82, 2.24) is 0 Å². The Hall–Kier alpha value is 0.430. The highest BCUT2D eigenvalue weighted by molar-refractivity contribution is 7.16. The number of hydrogen-bond acceptors (Lipinski definition) is 0. The molecule has 15 heavy (non-hydrogen) atoms. The van der Waals surface area contributed by atoms with E-state index in [2.05, 4.69) is 16.2 Å². The molecular formula is C14H27P. The summed E-state index contributed by atoms with van der Waals surface area (Å²) in [6.45, 7) is 2.20. The van der Waals surface area contributed by atoms with Crippen molar-refractivity contribution in [3.05, 3.63) is 0 Å². The van der Waals surface area contributed by atoms with E-state index in [-0.39, 0.29) is 0 Å². The summed E-state index contributed by atoms with van der Waals surface area (Å²) in [5.74, 6) is 4.71. The predicted molar refractivity (Wildman–Crippen MR) is 71.1 cm³/mol. The third-order valence-corrected chi connectivity index (χ3v) is 4.97. The van der Waals surface area contributed by atoms with Crippen LogP contribution in [0.2, 0.25) is 0 Å². The van der Waals surface area contributed by atoms with Crippen molar-refractivity contribution in [3.8, 4) is 0 Å². The van der Waals surface area contributed by atoms with Crippen LogP contribution in [0.3, 0.4) is 0 Å². The van der Waals surface area contributed by atoms with Crippen molar-refractivity contribution in [1.29, 1.82) is 0 Å². The monoisotopic (exact) mass is 226 g/mol. The van der Waals surface area contributed by atoms with Crippen LogP contribution in [0.25, 0.3) is 0 Å². The van der Waals surface area contributed by atoms with Crippen LogP contribution in [0.4, 0.5) is 0 Å². The van der Waals surface area contributed by atoms with E-state index >= 15 is 0 Å². The van der Waals surface area contributed by atoms with E-state index in [1.165, 1.54) is 42.7 Å². The lowest BCUT2D eigenvalue weighted by Gasteiger charge is -2.49. The summed E-state index contributed by atoms with van der Waals surface area (Å²) in [5, 5.41) is 0. The van der Waals surface area contributed by atoms with Crippen LogP contribution in [-0.2, 0) is 0 Å². The number of rotatable bonds is 2. The average Bonchev–Trinajstić information content (AvgIpc) is 2.17. The first kappa shape index (κ1) is 11.9. The Morgan fingerprint density at radius 3 is 1.27 bits per heavy atom. The molecular weight excluding hydrogens is 199 g/mol. The summed E-state index contributed by atoms with van der Waals surface area (Å²) in [4.78, 5) is 0. The maximum Gasteiger partial charge on any atom is -0.0381 e. The molecule has 1 atom stereocenters. The van der Waals surface area contributed by atoms with Gasteiger partial charge in [-0.25, -0.2) is 0 Å². The lowest BCUT2D eigenvalue weighted by atomic mass is 9.56. The molecule has 4 bridgehead atoms. The topological polar surface area (TPSA) is 0 Å². The number of hydrogen-bond donors (Lipinski definition) is 0. The highest BCUT2D eigenvalue weighted by atomic mass is 31.0. The van der Waals surface area contributed by atoms with Crippen LogP contribution in [0.5, 0.6) is 0 Å². The first-order chi connectivity index (χ1) is 7.31. The zero-order valence-corrected chi connectivity index (χ0v) is 11.4. The summed E-state index contributed by atoms with van der Waals surface area (Å²) < 4.78 is 0. The van der Waals surface area contributed by atoms with Gasteiger partial charge in [0.1, 0.15) is 0 Å². The molecule has 0 aliphatic heterocycles. The van der Waals surface area contributed by atoms with Crippen LogP contribution in [0, 0.1) is 23.7 Å². The molecule has 88 valence electrons. The van der Waals surface area contributed by atoms with Gasteiger partial charge in [-0.15, -0.1) is 9.24 Å². The molecule has 0 saturated heterocycles. The Morgan fingerprint density at radius 2 is 1.13 bits per heavy atom. The van der Waals surface area contributed by atoms with E-state index < -0.39 is 0 Å². The lowest BCUT2D eigenvalue weighted by Crippen LogP contribution is -2.38. The zero-order valence-electron chi connectivity index (χ0n) is 10.3. The maximum absolute atomic E-state index is 2.70. The van der Waals surface area contributed by atoms with Crippen LogP contribution < -0.4 is 0 Å². The molecule has 1 unspecified atom stereocenters. The van der Waals surface area contributed by atoms with Crippen molar-refractivity contribution in [2.45, 2.75) is 58.3 Å². The Morgan fingerprint density at radius 1 is 0.800 bits per heavy atom. The fourth-order valence-corrected chi connectivity index (χ4v) is 4.60. The molecule has 0 aromatic rings. The molecule has 0 amide bonds. The molecule has 0 radical (unpaired) electrons. The predicted octanol–water partition coefficient (Wildman–Crippen LogP) is 4.49. The van der Waals surface area contributed by atoms with Gasteiger partial charge in [0.25, 0.3) is 0 Å². The van der Waals surface area contributed by atoms with E-state index in [0.717, 1.165) is 0 Å². The van der Waals surface area contributed by atoms with Crippen molar-refractivity contribution in [2.75, 3.05) is 6.16 Å². The molecule has 0 heterocycles. The van der Waals surface area contributed by atoms with E-state index in [1.54, 1.807) is 38.5 Å². The van der Waals surface area contributed by atoms with Gasteiger partial charge in [0, 0.05) is 0 Å². The van der Waals surface area contributed by atoms with Crippen LogP contribution in [0.1, 0.15) is 58.3 Å². The molecule has 0 spiro atoms. The fourth-order valence-electron chi connectivity index (χ4n) is 4.19. The van der Waals surface area contributed by atoms with Crippen molar-refractivity contribution < 1.29 is 0 Å². The van der Waals surface area contributed by atoms with Gasteiger partial charge in [0.15, 0.2) is 0 Å². The molecule has 1 heteroatoms. The normalized spacial score (nSPS) is 41.2. The van der Waals surface area contributed by atoms with E-state index in [9.17, 15) is 0 Å². The Balaban J connectivity index is 0.000000149. The Bertz CT molecular complexity index is 129. The lowest BCUT2D eigenvalue weighted by molar-refractivity contribution is 0.0198. The Labute approximate surface area is 97.8 Å². The first-order valence-corrected chi connectivity index (χ1v) is 7.83. The quantitative estimate of drug-likeness (QED) is 0.608. The first-order valence-electron chi connectivity index (χ1n) is 7.01. The van der Waals surface area contributed by atoms with Gasteiger partial charge in [-0.05, 0) is 68.4 Å². The van der Waals surface area contributed by atoms with Crippen LogP contribution in [-0.4, -0.2) is 6.16 Å². The van der Waals surface area contributed by atoms with E-state index in [0.29, 0.717) is 0 Å². The maximum atomic E-state index is 2.70. The van der Waals surface area contributed by atoms with Crippen molar-refractivity contribution in [2.24, 2.45) is 23.7 Å². The highest BCUT2D eigenvalue weighted by Gasteiger charge is 2.41. The van der Waals surface area contributed by atoms with Gasteiger partial charge >= 0.3 is 0 Å². The SMILES string of the molecule is C1C2CC3CC1CC(C2)C3.CCCCP. The molecule has 4 aliphatic rings. The third-order valence-electron chi connectivity index (χ3n) is 4.56. The second-order valence-corrected chi connectivity index (χ2v) is 6.60. The molecule has 0 N–H and O–H groups in total. The molecule has 0 aromatic carbocycles. The zero-order chi connectivity index (χ0) is 10.7. The van der Waals surface area contributed by atoms with Crippen molar-refractivity contribution >= 4 is 9.24 Å². The highest BCUT2D eigenvalue weighted by Crippen LogP contribution is 2.53. The van der Waals surface area contributed by atoms with Crippen molar-refractivity contribution in [3.63, 3.8) is 0 Å². The summed E-state index contributed by atoms with van der Waals surface area (Å²) in [6, 6.07) is 0. The van der Waals surface area contributed by atoms with Gasteiger partial charge in [-0.3, -0.25) is 0 Å². The molecule has 4 fully saturated rings. The largest absolute Gasteiger partial charge is 0.138 e. The second-order valence-electron chi connectivity index (χ2n) is 6.02. The minimum Gasteiger partial charge on any atom is -0.138 e. The second kappa shape index (κ2) is 5.67. The third kappa shape index (κ3) is 3.19. The summed E-state index contributed by atoms with van der Waals surface area (Å²) >= 11 is 0. The Kier molecular flexibility index (Phi) is 4.50. The summed E-state index contributed by atoms with van der Waals surface area (Å²) in [7, 11) is 2.70. The van der Waals surface area contributed by atoms with E-state index in [4.69, 9.17) is 0 Å². The van der Waals surface area contributed by atoms with Gasteiger partial charge in [0.05, 0.1) is 0 Å². The minimum absolute atomic E-state index is 1.18. The molecule has 0 aromatic heterocycles. The average molecular weight is 226 g/mol. The van der Waals surface area contributed by atoms with Gasteiger partial charge in [-0.1, -0.05) is 19.8 Å². The van der Waals surface area contributed by atoms with Gasteiger partial charge in [0.2, 0.25) is 0 Å². The van der Waals surface area contributed by atoms with Gasteiger partial charge < -0.3 is 0 Å². The van der Waals surface area contributed by atoms with Gasteiger partial charge in [-0.2, -0.15) is 0 Å². The van der Waals surface area contributed by atoms with E-state index in [1.807, 2.05) is 0 Å². The molecule has 4 aliphatic carbocycles. The van der Waals surface area contributed by atoms with Crippen LogP contribution in [0.15, 0.2) is 0 Å². The molecule has 4 saturated carbocycles. The minimum atomic E-state index is 1.18. The fraction of sp³-hybridized carbons (Fsp3) is 1.00. The summed E-state index contributed by atoms with van der Waals surface area (Å²) in [5.41, 5.74) is 0.